The summed E-state index contributed by atoms with van der Waals surface area (Å²) in [7, 11) is 0. The Labute approximate surface area is 208 Å². The van der Waals surface area contributed by atoms with Gasteiger partial charge in [-0.2, -0.15) is 0 Å². The maximum absolute atomic E-state index is 11.0. The van der Waals surface area contributed by atoms with Crippen molar-refractivity contribution in [3.63, 3.8) is 0 Å². The number of hydrogen-bond acceptors (Lipinski definition) is 3. The number of rotatable bonds is 3. The van der Waals surface area contributed by atoms with Crippen LogP contribution in [0.5, 0.6) is 0 Å². The zero-order chi connectivity index (χ0) is 24.9. The summed E-state index contributed by atoms with van der Waals surface area (Å²) in [5.41, 5.74) is 0.286. The van der Waals surface area contributed by atoms with Crippen LogP contribution in [0.1, 0.15) is 106 Å². The molecule has 0 heterocycles. The molecule has 5 aliphatic rings. The Hall–Kier alpha value is -0.540. The molecule has 5 saturated carbocycles. The molecule has 0 aromatic rings. The van der Waals surface area contributed by atoms with Gasteiger partial charge in [0.15, 0.2) is 0 Å². The van der Waals surface area contributed by atoms with Crippen LogP contribution < -0.4 is 0 Å². The maximum atomic E-state index is 11.0. The van der Waals surface area contributed by atoms with E-state index in [9.17, 15) is 15.3 Å². The van der Waals surface area contributed by atoms with Crippen molar-refractivity contribution in [2.45, 2.75) is 112 Å². The van der Waals surface area contributed by atoms with Crippen LogP contribution in [-0.4, -0.2) is 28.0 Å². The monoisotopic (exact) mass is 472 g/mol. The third kappa shape index (κ3) is 2.84. The fraction of sp³-hybridized carbons (Fsp3) is 0.935. The summed E-state index contributed by atoms with van der Waals surface area (Å²) in [6, 6.07) is 0. The number of aliphatic hydroxyl groups excluding tert-OH is 3. The Morgan fingerprint density at radius 2 is 1.56 bits per heavy atom. The Kier molecular flexibility index (Phi) is 5.71. The standard InChI is InChI=1S/C31H52O3/c1-19(2)21-10-15-31(20(3)33)17-16-29(6)22(26(21)31)8-9-24-27(4)13-12-25(34)28(5,18-32)23(27)11-14-30(24,29)7/h19,21-26,32-34H,3,8-18H2,1-2,4-7H3/t21-,22?,23+,24+,25-,26+,27-,28-,29+,30+,31+/m0/s1. The summed E-state index contributed by atoms with van der Waals surface area (Å²) in [4.78, 5) is 0. The van der Waals surface area contributed by atoms with Crippen molar-refractivity contribution in [1.29, 1.82) is 0 Å². The second kappa shape index (κ2) is 7.73. The van der Waals surface area contributed by atoms with Crippen molar-refractivity contribution in [2.24, 2.45) is 62.6 Å². The van der Waals surface area contributed by atoms with Crippen molar-refractivity contribution < 1.29 is 15.3 Å². The van der Waals surface area contributed by atoms with Gasteiger partial charge in [-0.05, 0) is 116 Å². The van der Waals surface area contributed by atoms with Gasteiger partial charge in [0, 0.05) is 10.8 Å². The molecule has 5 aliphatic carbocycles. The minimum absolute atomic E-state index is 0.0617. The van der Waals surface area contributed by atoms with Gasteiger partial charge >= 0.3 is 0 Å². The molecule has 3 heteroatoms. The fourth-order valence-electron chi connectivity index (χ4n) is 11.9. The van der Waals surface area contributed by atoms with Crippen LogP contribution in [0.4, 0.5) is 0 Å². The number of allylic oxidation sites excluding steroid dienone is 1. The normalized spacial score (nSPS) is 56.9. The average molecular weight is 473 g/mol. The molecular weight excluding hydrogens is 420 g/mol. The molecule has 3 N–H and O–H groups in total. The zero-order valence-electron chi connectivity index (χ0n) is 22.9. The van der Waals surface area contributed by atoms with Crippen molar-refractivity contribution in [3.8, 4) is 0 Å². The highest BCUT2D eigenvalue weighted by Crippen LogP contribution is 2.78. The van der Waals surface area contributed by atoms with E-state index in [2.05, 4.69) is 48.1 Å². The van der Waals surface area contributed by atoms with Crippen LogP contribution in [0.2, 0.25) is 0 Å². The summed E-state index contributed by atoms with van der Waals surface area (Å²) < 4.78 is 0. The quantitative estimate of drug-likeness (QED) is 0.383. The predicted molar refractivity (Wildman–Crippen MR) is 138 cm³/mol. The summed E-state index contributed by atoms with van der Waals surface area (Å²) in [5, 5.41) is 32.4. The van der Waals surface area contributed by atoms with E-state index in [0.717, 1.165) is 32.1 Å². The number of fused-ring (bicyclic) bond motifs is 7. The molecule has 0 radical (unpaired) electrons. The highest BCUT2D eigenvalue weighted by molar-refractivity contribution is 5.23. The van der Waals surface area contributed by atoms with Crippen LogP contribution in [0.3, 0.4) is 0 Å². The lowest BCUT2D eigenvalue weighted by molar-refractivity contribution is -0.254. The topological polar surface area (TPSA) is 60.7 Å². The van der Waals surface area contributed by atoms with Gasteiger partial charge in [0.2, 0.25) is 0 Å². The fourth-order valence-corrected chi connectivity index (χ4v) is 11.9. The summed E-state index contributed by atoms with van der Waals surface area (Å²) in [5.74, 6) is 4.05. The largest absolute Gasteiger partial charge is 0.512 e. The summed E-state index contributed by atoms with van der Waals surface area (Å²) in [6.07, 6.45) is 11.0. The highest BCUT2D eigenvalue weighted by Gasteiger charge is 2.71. The van der Waals surface area contributed by atoms with Crippen LogP contribution in [0.15, 0.2) is 12.3 Å². The van der Waals surface area contributed by atoms with E-state index in [-0.39, 0.29) is 39.8 Å². The van der Waals surface area contributed by atoms with Gasteiger partial charge in [-0.3, -0.25) is 0 Å². The first-order valence-corrected chi connectivity index (χ1v) is 14.5. The Morgan fingerprint density at radius 3 is 2.18 bits per heavy atom. The Morgan fingerprint density at radius 1 is 0.853 bits per heavy atom. The minimum atomic E-state index is -0.386. The zero-order valence-corrected chi connectivity index (χ0v) is 22.9. The minimum Gasteiger partial charge on any atom is -0.512 e. The number of hydrogen-bond donors (Lipinski definition) is 3. The van der Waals surface area contributed by atoms with E-state index >= 15 is 0 Å². The molecule has 0 bridgehead atoms. The first-order valence-electron chi connectivity index (χ1n) is 14.5. The molecule has 0 aliphatic heterocycles. The van der Waals surface area contributed by atoms with E-state index in [1.54, 1.807) is 0 Å². The average Bonchev–Trinajstić information content (AvgIpc) is 3.18. The molecule has 34 heavy (non-hydrogen) atoms. The van der Waals surface area contributed by atoms with E-state index in [1.165, 1.54) is 32.1 Å². The van der Waals surface area contributed by atoms with Crippen LogP contribution in [0.25, 0.3) is 0 Å². The molecule has 1 unspecified atom stereocenters. The van der Waals surface area contributed by atoms with Crippen LogP contribution >= 0.6 is 0 Å². The van der Waals surface area contributed by atoms with E-state index in [0.29, 0.717) is 41.3 Å². The number of aliphatic hydroxyl groups is 3. The molecule has 0 spiro atoms. The molecule has 0 aromatic heterocycles. The Balaban J connectivity index is 1.56. The van der Waals surface area contributed by atoms with Crippen molar-refractivity contribution in [2.75, 3.05) is 6.61 Å². The van der Waals surface area contributed by atoms with Crippen LogP contribution in [-0.2, 0) is 0 Å². The molecule has 11 atom stereocenters. The molecule has 5 rings (SSSR count). The van der Waals surface area contributed by atoms with Crippen LogP contribution in [0, 0.1) is 62.6 Å². The lowest BCUT2D eigenvalue weighted by atomic mass is 9.32. The molecule has 5 fully saturated rings. The van der Waals surface area contributed by atoms with Crippen molar-refractivity contribution >= 4 is 0 Å². The summed E-state index contributed by atoms with van der Waals surface area (Å²) >= 11 is 0. The summed E-state index contributed by atoms with van der Waals surface area (Å²) in [6.45, 7) is 19.0. The second-order valence-electron chi connectivity index (χ2n) is 15.0. The lowest BCUT2D eigenvalue weighted by Gasteiger charge is -2.73. The smallest absolute Gasteiger partial charge is 0.0915 e. The van der Waals surface area contributed by atoms with Gasteiger partial charge in [-0.15, -0.1) is 0 Å². The molecule has 0 aromatic carbocycles. The third-order valence-corrected chi connectivity index (χ3v) is 14.0. The highest BCUT2D eigenvalue weighted by atomic mass is 16.3. The molecular formula is C31H52O3. The molecule has 194 valence electrons. The van der Waals surface area contributed by atoms with E-state index in [1.807, 2.05) is 0 Å². The SMILES string of the molecule is C=C(O)[C@]12CC[C@@H](C(C)C)[C@@H]1C1CC[C@@H]3[C@@]4(C)CC[C@H](O)[C@@](C)(CO)[C@@H]4CC[C@@]3(C)[C@]1(C)CC2. The Bertz CT molecular complexity index is 837. The van der Waals surface area contributed by atoms with Gasteiger partial charge in [0.25, 0.3) is 0 Å². The molecule has 3 nitrogen and oxygen atoms in total. The molecule has 0 amide bonds. The van der Waals surface area contributed by atoms with Crippen molar-refractivity contribution in [1.82, 2.24) is 0 Å². The first-order chi connectivity index (χ1) is 15.8. The first kappa shape index (κ1) is 25.1. The van der Waals surface area contributed by atoms with E-state index in [4.69, 9.17) is 0 Å². The van der Waals surface area contributed by atoms with Gasteiger partial charge < -0.3 is 15.3 Å². The lowest BCUT2D eigenvalue weighted by Crippen LogP contribution is -2.67. The van der Waals surface area contributed by atoms with Gasteiger partial charge in [0.05, 0.1) is 18.5 Å². The van der Waals surface area contributed by atoms with E-state index < -0.39 is 0 Å². The predicted octanol–water partition coefficient (Wildman–Crippen LogP) is 7.13. The third-order valence-electron chi connectivity index (χ3n) is 14.0. The van der Waals surface area contributed by atoms with Gasteiger partial charge in [-0.25, -0.2) is 0 Å². The van der Waals surface area contributed by atoms with Crippen molar-refractivity contribution in [3.05, 3.63) is 12.3 Å². The molecule has 0 saturated heterocycles. The second-order valence-corrected chi connectivity index (χ2v) is 15.0. The van der Waals surface area contributed by atoms with Gasteiger partial charge in [-0.1, -0.05) is 48.1 Å². The van der Waals surface area contributed by atoms with Gasteiger partial charge in [0.1, 0.15) is 0 Å². The maximum Gasteiger partial charge on any atom is 0.0915 e.